The lowest BCUT2D eigenvalue weighted by atomic mass is 10.3. The van der Waals surface area contributed by atoms with Gasteiger partial charge in [-0.1, -0.05) is 11.6 Å². The quantitative estimate of drug-likeness (QED) is 0.736. The van der Waals surface area contributed by atoms with E-state index in [0.29, 0.717) is 19.8 Å². The summed E-state index contributed by atoms with van der Waals surface area (Å²) in [6.07, 6.45) is 1.74. The van der Waals surface area contributed by atoms with E-state index in [2.05, 4.69) is 10.3 Å². The smallest absolute Gasteiger partial charge is 0.142 e. The van der Waals surface area contributed by atoms with Crippen molar-refractivity contribution < 1.29 is 9.47 Å². The summed E-state index contributed by atoms with van der Waals surface area (Å²) >= 11 is 5.45. The topological polar surface area (TPSA) is 43.4 Å². The second-order valence-electron chi connectivity index (χ2n) is 3.74. The lowest BCUT2D eigenvalue weighted by Gasteiger charge is -2.11. The highest BCUT2D eigenvalue weighted by molar-refractivity contribution is 6.25. The maximum atomic E-state index is 5.58. The molecule has 1 aromatic heterocycles. The number of hydrogen-bond donors (Lipinski definition) is 1. The second kappa shape index (κ2) is 8.91. The van der Waals surface area contributed by atoms with E-state index in [9.17, 15) is 0 Å². The van der Waals surface area contributed by atoms with Gasteiger partial charge in [-0.05, 0) is 25.1 Å². The predicted molar refractivity (Wildman–Crippen MR) is 73.0 cm³/mol. The maximum Gasteiger partial charge on any atom is 0.142 e. The Bertz CT molecular complexity index is 383. The summed E-state index contributed by atoms with van der Waals surface area (Å²) in [7, 11) is 1.68. The number of halogens is 1. The van der Waals surface area contributed by atoms with E-state index >= 15 is 0 Å². The Labute approximate surface area is 113 Å². The molecule has 0 aliphatic carbocycles. The van der Waals surface area contributed by atoms with Gasteiger partial charge in [0, 0.05) is 31.4 Å². The minimum absolute atomic E-state index is 0.444. The van der Waals surface area contributed by atoms with Crippen molar-refractivity contribution in [1.29, 1.82) is 0 Å². The van der Waals surface area contributed by atoms with Gasteiger partial charge in [0.2, 0.25) is 0 Å². The van der Waals surface area contributed by atoms with Crippen LogP contribution in [0, 0.1) is 6.92 Å². The van der Waals surface area contributed by atoms with Crippen LogP contribution < -0.4 is 10.1 Å². The van der Waals surface area contributed by atoms with Crippen LogP contribution in [0.25, 0.3) is 0 Å². The fourth-order valence-corrected chi connectivity index (χ4v) is 1.48. The molecular weight excluding hydrogens is 252 g/mol. The normalized spacial score (nSPS) is 11.1. The van der Waals surface area contributed by atoms with E-state index in [0.717, 1.165) is 23.7 Å². The van der Waals surface area contributed by atoms with Crippen LogP contribution >= 0.6 is 11.6 Å². The monoisotopic (exact) mass is 270 g/mol. The second-order valence-corrected chi connectivity index (χ2v) is 3.99. The number of nitrogens with zero attached hydrogens (tertiary/aromatic N) is 1. The molecule has 0 aliphatic heterocycles. The minimum Gasteiger partial charge on any atom is -0.488 e. The van der Waals surface area contributed by atoms with Gasteiger partial charge in [-0.3, -0.25) is 4.98 Å². The predicted octanol–water partition coefficient (Wildman–Crippen LogP) is 2.26. The van der Waals surface area contributed by atoms with E-state index in [4.69, 9.17) is 21.1 Å². The molecule has 0 amide bonds. The molecular formula is C13H19ClN2O2. The zero-order valence-electron chi connectivity index (χ0n) is 10.8. The van der Waals surface area contributed by atoms with Gasteiger partial charge in [0.15, 0.2) is 0 Å². The van der Waals surface area contributed by atoms with Crippen LogP contribution in [0.1, 0.15) is 11.4 Å². The number of hydrogen-bond acceptors (Lipinski definition) is 4. The summed E-state index contributed by atoms with van der Waals surface area (Å²) in [4.78, 5) is 4.46. The van der Waals surface area contributed by atoms with Crippen LogP contribution in [0.3, 0.4) is 0 Å². The number of methoxy groups -OCH3 is 1. The van der Waals surface area contributed by atoms with Gasteiger partial charge in [-0.2, -0.15) is 0 Å². The molecule has 0 unspecified atom stereocenters. The molecule has 0 spiro atoms. The van der Waals surface area contributed by atoms with Crippen LogP contribution in [0.4, 0.5) is 0 Å². The Morgan fingerprint density at radius 1 is 1.44 bits per heavy atom. The SMILES string of the molecule is COCCNCc1nc(C)ccc1OCC=CCl. The third kappa shape index (κ3) is 5.49. The third-order valence-corrected chi connectivity index (χ3v) is 2.45. The molecule has 0 fully saturated rings. The fourth-order valence-electron chi connectivity index (χ4n) is 1.41. The number of aryl methyl sites for hydroxylation is 1. The van der Waals surface area contributed by atoms with Crippen LogP contribution in [-0.2, 0) is 11.3 Å². The van der Waals surface area contributed by atoms with Gasteiger partial charge in [0.05, 0.1) is 12.3 Å². The van der Waals surface area contributed by atoms with Gasteiger partial charge in [0.25, 0.3) is 0 Å². The Balaban J connectivity index is 2.58. The van der Waals surface area contributed by atoms with Gasteiger partial charge in [0.1, 0.15) is 12.4 Å². The Kier molecular flexibility index (Phi) is 7.41. The van der Waals surface area contributed by atoms with E-state index in [1.165, 1.54) is 5.54 Å². The number of rotatable bonds is 8. The van der Waals surface area contributed by atoms with Gasteiger partial charge in [-0.15, -0.1) is 0 Å². The van der Waals surface area contributed by atoms with Gasteiger partial charge in [-0.25, -0.2) is 0 Å². The van der Waals surface area contributed by atoms with Gasteiger partial charge < -0.3 is 14.8 Å². The molecule has 0 saturated carbocycles. The number of ether oxygens (including phenoxy) is 2. The number of pyridine rings is 1. The first-order valence-electron chi connectivity index (χ1n) is 5.82. The molecule has 0 aromatic carbocycles. The highest BCUT2D eigenvalue weighted by Gasteiger charge is 2.05. The molecule has 0 bridgehead atoms. The summed E-state index contributed by atoms with van der Waals surface area (Å²) in [5.74, 6) is 0.778. The van der Waals surface area contributed by atoms with Crippen molar-refractivity contribution >= 4 is 11.6 Å². The van der Waals surface area contributed by atoms with Gasteiger partial charge >= 0.3 is 0 Å². The highest BCUT2D eigenvalue weighted by Crippen LogP contribution is 2.16. The van der Waals surface area contributed by atoms with Crippen molar-refractivity contribution in [2.45, 2.75) is 13.5 Å². The lowest BCUT2D eigenvalue weighted by Crippen LogP contribution is -2.20. The van der Waals surface area contributed by atoms with Crippen LogP contribution in [0.2, 0.25) is 0 Å². The minimum atomic E-state index is 0.444. The van der Waals surface area contributed by atoms with Crippen LogP contribution in [0.15, 0.2) is 23.7 Å². The Hall–Kier alpha value is -1.10. The molecule has 1 N–H and O–H groups in total. The van der Waals surface area contributed by atoms with Crippen molar-refractivity contribution in [3.63, 3.8) is 0 Å². The Morgan fingerprint density at radius 3 is 3.00 bits per heavy atom. The molecule has 1 aromatic rings. The van der Waals surface area contributed by atoms with E-state index in [1.54, 1.807) is 13.2 Å². The zero-order valence-corrected chi connectivity index (χ0v) is 11.5. The van der Waals surface area contributed by atoms with E-state index < -0.39 is 0 Å². The zero-order chi connectivity index (χ0) is 13.2. The molecule has 0 radical (unpaired) electrons. The standard InChI is InChI=1S/C13H19ClN2O2/c1-11-4-5-13(18-8-3-6-14)12(16-11)10-15-7-9-17-2/h3-6,15H,7-10H2,1-2H3. The molecule has 1 rings (SSSR count). The first-order valence-corrected chi connectivity index (χ1v) is 6.25. The summed E-state index contributed by atoms with van der Waals surface area (Å²) in [6.45, 7) is 4.52. The maximum absolute atomic E-state index is 5.58. The molecule has 100 valence electrons. The number of aromatic nitrogens is 1. The molecule has 5 heteroatoms. The van der Waals surface area contributed by atoms with Crippen molar-refractivity contribution in [2.24, 2.45) is 0 Å². The first-order chi connectivity index (χ1) is 8.77. The molecule has 1 heterocycles. The molecule has 18 heavy (non-hydrogen) atoms. The first kappa shape index (κ1) is 15.0. The van der Waals surface area contributed by atoms with E-state index in [-0.39, 0.29) is 0 Å². The fraction of sp³-hybridized carbons (Fsp3) is 0.462. The van der Waals surface area contributed by atoms with Crippen molar-refractivity contribution in [3.05, 3.63) is 35.1 Å². The van der Waals surface area contributed by atoms with E-state index in [1.807, 2.05) is 19.1 Å². The van der Waals surface area contributed by atoms with Crippen molar-refractivity contribution in [1.82, 2.24) is 10.3 Å². The number of nitrogens with one attached hydrogen (secondary N) is 1. The highest BCUT2D eigenvalue weighted by atomic mass is 35.5. The third-order valence-electron chi connectivity index (χ3n) is 2.27. The van der Waals surface area contributed by atoms with Crippen LogP contribution in [-0.4, -0.2) is 31.9 Å². The van der Waals surface area contributed by atoms with Crippen molar-refractivity contribution in [2.75, 3.05) is 26.9 Å². The summed E-state index contributed by atoms with van der Waals surface area (Å²) in [6, 6.07) is 3.86. The summed E-state index contributed by atoms with van der Waals surface area (Å²) in [5, 5.41) is 3.25. The molecule has 4 nitrogen and oxygen atoms in total. The van der Waals surface area contributed by atoms with Crippen LogP contribution in [0.5, 0.6) is 5.75 Å². The summed E-state index contributed by atoms with van der Waals surface area (Å²) in [5.41, 5.74) is 3.31. The average Bonchev–Trinajstić information content (AvgIpc) is 2.37. The Morgan fingerprint density at radius 2 is 2.28 bits per heavy atom. The molecule has 0 atom stereocenters. The average molecular weight is 271 g/mol. The van der Waals surface area contributed by atoms with Crippen molar-refractivity contribution in [3.8, 4) is 5.75 Å². The lowest BCUT2D eigenvalue weighted by molar-refractivity contribution is 0.199. The molecule has 0 aliphatic rings. The summed E-state index contributed by atoms with van der Waals surface area (Å²) < 4.78 is 10.6. The largest absolute Gasteiger partial charge is 0.488 e. The molecule has 0 saturated heterocycles.